The molecule has 1 saturated heterocycles. The van der Waals surface area contributed by atoms with Crippen molar-refractivity contribution in [2.75, 3.05) is 13.1 Å². The van der Waals surface area contributed by atoms with Gasteiger partial charge in [-0.05, 0) is 17.7 Å². The Bertz CT molecular complexity index is 566. The number of hydrogen-bond donors (Lipinski definition) is 1. The van der Waals surface area contributed by atoms with Gasteiger partial charge in [-0.1, -0.05) is 12.1 Å². The Morgan fingerprint density at radius 2 is 1.65 bits per heavy atom. The Kier molecular flexibility index (Phi) is 4.61. The molecule has 0 amide bonds. The van der Waals surface area contributed by atoms with E-state index >= 15 is 0 Å². The van der Waals surface area contributed by atoms with Crippen LogP contribution in [-0.2, 0) is 17.5 Å². The molecule has 23 heavy (non-hydrogen) atoms. The van der Waals surface area contributed by atoms with Crippen LogP contribution in [0.25, 0.3) is 0 Å². The Hall–Kier alpha value is -1.77. The first-order chi connectivity index (χ1) is 10.5. The van der Waals surface area contributed by atoms with Gasteiger partial charge >= 0.3 is 18.3 Å². The second-order valence-electron chi connectivity index (χ2n) is 5.48. The summed E-state index contributed by atoms with van der Waals surface area (Å²) in [6.07, 6.45) is -9.11. The topological polar surface area (TPSA) is 40.5 Å². The third-order valence-electron chi connectivity index (χ3n) is 3.82. The van der Waals surface area contributed by atoms with Crippen molar-refractivity contribution in [2.24, 2.45) is 11.8 Å². The molecular weight excluding hydrogens is 328 g/mol. The van der Waals surface area contributed by atoms with Gasteiger partial charge < -0.3 is 5.11 Å². The van der Waals surface area contributed by atoms with Gasteiger partial charge in [-0.3, -0.25) is 9.69 Å². The predicted octanol–water partition coefficient (Wildman–Crippen LogP) is 3.40. The van der Waals surface area contributed by atoms with Crippen LogP contribution >= 0.6 is 0 Å². The van der Waals surface area contributed by atoms with Crippen LogP contribution in [0, 0.1) is 11.8 Å². The molecular formula is C14H13F6NO2. The van der Waals surface area contributed by atoms with Crippen LogP contribution in [0.15, 0.2) is 24.3 Å². The SMILES string of the molecule is O=C(O)[C@@H]1CN(Cc2ccc(C(F)(F)F)cc2)C[C@H]1C(F)(F)F. The van der Waals surface area contributed by atoms with Crippen molar-refractivity contribution in [3.05, 3.63) is 35.4 Å². The zero-order valence-electron chi connectivity index (χ0n) is 11.7. The van der Waals surface area contributed by atoms with Crippen LogP contribution in [0.2, 0.25) is 0 Å². The third-order valence-corrected chi connectivity index (χ3v) is 3.82. The number of carboxylic acids is 1. The number of alkyl halides is 6. The Balaban J connectivity index is 2.08. The molecule has 1 aliphatic heterocycles. The number of hydrogen-bond acceptors (Lipinski definition) is 2. The molecule has 0 radical (unpaired) electrons. The molecule has 0 aliphatic carbocycles. The molecule has 1 fully saturated rings. The van der Waals surface area contributed by atoms with Gasteiger partial charge in [0.2, 0.25) is 0 Å². The lowest BCUT2D eigenvalue weighted by atomic mass is 9.96. The number of carbonyl (C=O) groups is 1. The van der Waals surface area contributed by atoms with Crippen molar-refractivity contribution < 1.29 is 36.2 Å². The quantitative estimate of drug-likeness (QED) is 0.857. The van der Waals surface area contributed by atoms with Gasteiger partial charge in [0, 0.05) is 19.6 Å². The van der Waals surface area contributed by atoms with E-state index in [0.717, 1.165) is 12.1 Å². The van der Waals surface area contributed by atoms with E-state index in [4.69, 9.17) is 5.11 Å². The summed E-state index contributed by atoms with van der Waals surface area (Å²) in [6, 6.07) is 4.06. The zero-order chi connectivity index (χ0) is 17.4. The summed E-state index contributed by atoms with van der Waals surface area (Å²) in [4.78, 5) is 12.3. The number of aliphatic carboxylic acids is 1. The zero-order valence-corrected chi connectivity index (χ0v) is 11.7. The molecule has 2 atom stereocenters. The molecule has 0 saturated carbocycles. The van der Waals surface area contributed by atoms with E-state index in [-0.39, 0.29) is 13.1 Å². The lowest BCUT2D eigenvalue weighted by molar-refractivity contribution is -0.188. The van der Waals surface area contributed by atoms with Gasteiger partial charge in [0.15, 0.2) is 0 Å². The van der Waals surface area contributed by atoms with E-state index < -0.39 is 42.3 Å². The van der Waals surface area contributed by atoms with Crippen molar-refractivity contribution in [1.29, 1.82) is 0 Å². The minimum Gasteiger partial charge on any atom is -0.481 e. The summed E-state index contributed by atoms with van der Waals surface area (Å²) in [7, 11) is 0. The molecule has 9 heteroatoms. The fourth-order valence-electron chi connectivity index (χ4n) is 2.65. The van der Waals surface area contributed by atoms with Crippen LogP contribution in [-0.4, -0.2) is 35.2 Å². The van der Waals surface area contributed by atoms with Crippen molar-refractivity contribution in [1.82, 2.24) is 4.90 Å². The van der Waals surface area contributed by atoms with Gasteiger partial charge in [-0.2, -0.15) is 26.3 Å². The van der Waals surface area contributed by atoms with Crippen LogP contribution in [0.5, 0.6) is 0 Å². The van der Waals surface area contributed by atoms with E-state index in [2.05, 4.69) is 0 Å². The molecule has 2 rings (SSSR count). The average molecular weight is 341 g/mol. The fraction of sp³-hybridized carbons (Fsp3) is 0.500. The summed E-state index contributed by atoms with van der Waals surface area (Å²) in [5.41, 5.74) is -0.454. The summed E-state index contributed by atoms with van der Waals surface area (Å²) in [5, 5.41) is 8.91. The third kappa shape index (κ3) is 4.15. The number of likely N-dealkylation sites (tertiary alicyclic amines) is 1. The molecule has 0 unspecified atom stereocenters. The Morgan fingerprint density at radius 1 is 1.09 bits per heavy atom. The monoisotopic (exact) mass is 341 g/mol. The molecule has 1 aliphatic rings. The average Bonchev–Trinajstić information content (AvgIpc) is 2.82. The maximum atomic E-state index is 12.9. The standard InChI is InChI=1S/C14H13F6NO2/c15-13(16,17)9-3-1-8(2-4-9)5-21-6-10(12(22)23)11(7-21)14(18,19)20/h1-4,10-11H,5-7H2,(H,22,23)/t10-,11-/m1/s1. The predicted molar refractivity (Wildman–Crippen MR) is 67.4 cm³/mol. The van der Waals surface area contributed by atoms with E-state index in [1.807, 2.05) is 0 Å². The van der Waals surface area contributed by atoms with Crippen LogP contribution in [0.4, 0.5) is 26.3 Å². The van der Waals surface area contributed by atoms with Crippen LogP contribution in [0.3, 0.4) is 0 Å². The molecule has 1 aromatic carbocycles. The maximum absolute atomic E-state index is 12.9. The molecule has 128 valence electrons. The van der Waals surface area contributed by atoms with Gasteiger partial charge in [0.1, 0.15) is 0 Å². The first-order valence-corrected chi connectivity index (χ1v) is 6.66. The van der Waals surface area contributed by atoms with Gasteiger partial charge in [0.25, 0.3) is 0 Å². The molecule has 1 N–H and O–H groups in total. The highest BCUT2D eigenvalue weighted by molar-refractivity contribution is 5.71. The smallest absolute Gasteiger partial charge is 0.416 e. The second-order valence-corrected chi connectivity index (χ2v) is 5.48. The number of benzene rings is 1. The molecule has 0 spiro atoms. The van der Waals surface area contributed by atoms with Crippen molar-refractivity contribution in [3.63, 3.8) is 0 Å². The molecule has 0 aromatic heterocycles. The summed E-state index contributed by atoms with van der Waals surface area (Å²) in [5.74, 6) is -5.07. The van der Waals surface area contributed by atoms with E-state index in [1.54, 1.807) is 0 Å². The Labute approximate surface area is 127 Å². The summed E-state index contributed by atoms with van der Waals surface area (Å²) in [6.45, 7) is -0.809. The summed E-state index contributed by atoms with van der Waals surface area (Å²) >= 11 is 0. The second kappa shape index (κ2) is 6.03. The lowest BCUT2D eigenvalue weighted by Crippen LogP contribution is -2.33. The number of carboxylic acid groups (broad SMARTS) is 1. The highest BCUT2D eigenvalue weighted by Crippen LogP contribution is 2.38. The van der Waals surface area contributed by atoms with Gasteiger partial charge in [0.05, 0.1) is 17.4 Å². The van der Waals surface area contributed by atoms with Crippen molar-refractivity contribution >= 4 is 5.97 Å². The van der Waals surface area contributed by atoms with Crippen LogP contribution < -0.4 is 0 Å². The first kappa shape index (κ1) is 17.6. The molecule has 1 aromatic rings. The van der Waals surface area contributed by atoms with Crippen molar-refractivity contribution in [2.45, 2.75) is 18.9 Å². The minimum atomic E-state index is -4.63. The fourth-order valence-corrected chi connectivity index (χ4v) is 2.65. The molecule has 1 heterocycles. The largest absolute Gasteiger partial charge is 0.481 e. The van der Waals surface area contributed by atoms with Gasteiger partial charge in [-0.25, -0.2) is 0 Å². The Morgan fingerprint density at radius 3 is 2.04 bits per heavy atom. The van der Waals surface area contributed by atoms with Crippen LogP contribution in [0.1, 0.15) is 11.1 Å². The lowest BCUT2D eigenvalue weighted by Gasteiger charge is -2.18. The number of nitrogens with zero attached hydrogens (tertiary/aromatic N) is 1. The minimum absolute atomic E-state index is 0.0332. The highest BCUT2D eigenvalue weighted by atomic mass is 19.4. The first-order valence-electron chi connectivity index (χ1n) is 6.66. The van der Waals surface area contributed by atoms with E-state index in [1.165, 1.54) is 17.0 Å². The van der Waals surface area contributed by atoms with Gasteiger partial charge in [-0.15, -0.1) is 0 Å². The van der Waals surface area contributed by atoms with Crippen molar-refractivity contribution in [3.8, 4) is 0 Å². The summed E-state index contributed by atoms with van der Waals surface area (Å²) < 4.78 is 75.9. The number of halogens is 6. The normalized spacial score (nSPS) is 23.2. The molecule has 0 bridgehead atoms. The highest BCUT2D eigenvalue weighted by Gasteiger charge is 2.52. The molecule has 3 nitrogen and oxygen atoms in total. The maximum Gasteiger partial charge on any atom is 0.416 e. The number of rotatable bonds is 3. The van der Waals surface area contributed by atoms with E-state index in [0.29, 0.717) is 5.56 Å². The van der Waals surface area contributed by atoms with E-state index in [9.17, 15) is 31.1 Å².